The van der Waals surface area contributed by atoms with E-state index in [0.29, 0.717) is 6.04 Å². The van der Waals surface area contributed by atoms with Crippen LogP contribution in [0.2, 0.25) is 0 Å². The van der Waals surface area contributed by atoms with Crippen LogP contribution in [-0.2, 0) is 0 Å². The third kappa shape index (κ3) is 3.94. The Kier molecular flexibility index (Phi) is 5.46. The highest BCUT2D eigenvalue weighted by Gasteiger charge is 2.29. The van der Waals surface area contributed by atoms with Crippen molar-refractivity contribution in [3.63, 3.8) is 0 Å². The number of rotatable bonds is 4. The SMILES string of the molecule is CN1CCNC(CC(C2CCCCC2)N(C)C)C1. The molecule has 0 amide bonds. The first-order chi connectivity index (χ1) is 8.66. The van der Waals surface area contributed by atoms with Crippen molar-refractivity contribution in [1.29, 1.82) is 0 Å². The molecule has 1 heterocycles. The molecule has 0 radical (unpaired) electrons. The zero-order chi connectivity index (χ0) is 13.0. The van der Waals surface area contributed by atoms with Crippen LogP contribution in [0.5, 0.6) is 0 Å². The minimum absolute atomic E-state index is 0.693. The predicted molar refractivity (Wildman–Crippen MR) is 78.0 cm³/mol. The van der Waals surface area contributed by atoms with E-state index in [2.05, 4.69) is 36.3 Å². The Morgan fingerprint density at radius 2 is 1.94 bits per heavy atom. The van der Waals surface area contributed by atoms with Crippen molar-refractivity contribution in [2.45, 2.75) is 50.6 Å². The zero-order valence-electron chi connectivity index (χ0n) is 12.5. The van der Waals surface area contributed by atoms with Crippen LogP contribution in [0.25, 0.3) is 0 Å². The topological polar surface area (TPSA) is 18.5 Å². The van der Waals surface area contributed by atoms with E-state index < -0.39 is 0 Å². The van der Waals surface area contributed by atoms with Crippen LogP contribution < -0.4 is 5.32 Å². The average Bonchev–Trinajstić information content (AvgIpc) is 2.37. The second kappa shape index (κ2) is 6.88. The van der Waals surface area contributed by atoms with E-state index in [4.69, 9.17) is 0 Å². The Morgan fingerprint density at radius 3 is 2.56 bits per heavy atom. The van der Waals surface area contributed by atoms with Crippen molar-refractivity contribution >= 4 is 0 Å². The summed E-state index contributed by atoms with van der Waals surface area (Å²) in [4.78, 5) is 4.95. The third-order valence-corrected chi connectivity index (χ3v) is 4.84. The average molecular weight is 253 g/mol. The number of nitrogens with zero attached hydrogens (tertiary/aromatic N) is 2. The summed E-state index contributed by atoms with van der Waals surface area (Å²) in [5, 5.41) is 3.71. The lowest BCUT2D eigenvalue weighted by Crippen LogP contribution is -2.52. The first-order valence-corrected chi connectivity index (χ1v) is 7.75. The standard InChI is InChI=1S/C15H31N3/c1-17(2)15(13-7-5-4-6-8-13)11-14-12-18(3)10-9-16-14/h13-16H,4-12H2,1-3H3. The van der Waals surface area contributed by atoms with Crippen molar-refractivity contribution in [3.05, 3.63) is 0 Å². The number of nitrogens with one attached hydrogen (secondary N) is 1. The van der Waals surface area contributed by atoms with E-state index in [1.807, 2.05) is 0 Å². The van der Waals surface area contributed by atoms with Crippen LogP contribution in [0.4, 0.5) is 0 Å². The molecule has 0 bridgehead atoms. The largest absolute Gasteiger partial charge is 0.311 e. The second-order valence-electron chi connectivity index (χ2n) is 6.58. The minimum atomic E-state index is 0.693. The van der Waals surface area contributed by atoms with Crippen molar-refractivity contribution in [2.24, 2.45) is 5.92 Å². The molecule has 0 aromatic rings. The van der Waals surface area contributed by atoms with Crippen LogP contribution in [0.1, 0.15) is 38.5 Å². The number of hydrogen-bond acceptors (Lipinski definition) is 3. The molecular formula is C15H31N3. The number of hydrogen-bond donors (Lipinski definition) is 1. The summed E-state index contributed by atoms with van der Waals surface area (Å²) in [5.74, 6) is 0.933. The van der Waals surface area contributed by atoms with Crippen LogP contribution in [0.3, 0.4) is 0 Å². The van der Waals surface area contributed by atoms with Crippen molar-refractivity contribution in [1.82, 2.24) is 15.1 Å². The molecule has 1 aliphatic carbocycles. The number of likely N-dealkylation sites (N-methyl/N-ethyl adjacent to an activating group) is 1. The van der Waals surface area contributed by atoms with Crippen LogP contribution in [0, 0.1) is 5.92 Å². The van der Waals surface area contributed by atoms with Gasteiger partial charge < -0.3 is 15.1 Å². The van der Waals surface area contributed by atoms with Gasteiger partial charge in [-0.15, -0.1) is 0 Å². The first kappa shape index (κ1) is 14.3. The summed E-state index contributed by atoms with van der Waals surface area (Å²) in [6, 6.07) is 1.47. The summed E-state index contributed by atoms with van der Waals surface area (Å²) in [5.41, 5.74) is 0. The molecule has 3 nitrogen and oxygen atoms in total. The Hall–Kier alpha value is -0.120. The van der Waals surface area contributed by atoms with Crippen molar-refractivity contribution in [2.75, 3.05) is 40.8 Å². The molecule has 18 heavy (non-hydrogen) atoms. The van der Waals surface area contributed by atoms with E-state index in [-0.39, 0.29) is 0 Å². The van der Waals surface area contributed by atoms with Crippen molar-refractivity contribution < 1.29 is 0 Å². The maximum Gasteiger partial charge on any atom is 0.0210 e. The van der Waals surface area contributed by atoms with Gasteiger partial charge in [0.15, 0.2) is 0 Å². The van der Waals surface area contributed by atoms with Crippen LogP contribution in [-0.4, -0.2) is 62.7 Å². The molecule has 2 fully saturated rings. The molecule has 1 saturated heterocycles. The molecule has 2 unspecified atom stereocenters. The van der Waals surface area contributed by atoms with Gasteiger partial charge in [0.1, 0.15) is 0 Å². The lowest BCUT2D eigenvalue weighted by Gasteiger charge is -2.39. The zero-order valence-corrected chi connectivity index (χ0v) is 12.5. The van der Waals surface area contributed by atoms with E-state index >= 15 is 0 Å². The molecule has 0 spiro atoms. The monoisotopic (exact) mass is 253 g/mol. The Balaban J connectivity index is 1.88. The van der Waals surface area contributed by atoms with Gasteiger partial charge in [-0.05, 0) is 46.3 Å². The Labute approximate surface area is 113 Å². The van der Waals surface area contributed by atoms with E-state index in [0.717, 1.165) is 18.5 Å². The maximum absolute atomic E-state index is 3.71. The van der Waals surface area contributed by atoms with E-state index in [9.17, 15) is 0 Å². The van der Waals surface area contributed by atoms with Gasteiger partial charge in [0.05, 0.1) is 0 Å². The smallest absolute Gasteiger partial charge is 0.0210 e. The summed E-state index contributed by atoms with van der Waals surface area (Å²) >= 11 is 0. The predicted octanol–water partition coefficient (Wildman–Crippen LogP) is 1.79. The lowest BCUT2D eigenvalue weighted by atomic mass is 9.81. The molecule has 1 aliphatic heterocycles. The van der Waals surface area contributed by atoms with Gasteiger partial charge in [0.25, 0.3) is 0 Å². The molecule has 0 aromatic heterocycles. The normalized spacial score (nSPS) is 29.7. The minimum Gasteiger partial charge on any atom is -0.311 e. The van der Waals surface area contributed by atoms with Gasteiger partial charge in [-0.3, -0.25) is 0 Å². The maximum atomic E-state index is 3.71. The van der Waals surface area contributed by atoms with Crippen LogP contribution >= 0.6 is 0 Å². The first-order valence-electron chi connectivity index (χ1n) is 7.75. The summed E-state index contributed by atoms with van der Waals surface area (Å²) in [7, 11) is 6.79. The molecule has 1 saturated carbocycles. The molecule has 3 heteroatoms. The highest BCUT2D eigenvalue weighted by atomic mass is 15.2. The molecule has 2 atom stereocenters. The molecule has 2 aliphatic rings. The van der Waals surface area contributed by atoms with Crippen molar-refractivity contribution in [3.8, 4) is 0 Å². The molecule has 1 N–H and O–H groups in total. The Bertz CT molecular complexity index is 236. The summed E-state index contributed by atoms with van der Waals surface area (Å²) in [6.07, 6.45) is 8.58. The fourth-order valence-electron chi connectivity index (χ4n) is 3.78. The lowest BCUT2D eigenvalue weighted by molar-refractivity contribution is 0.129. The Morgan fingerprint density at radius 1 is 1.22 bits per heavy atom. The second-order valence-corrected chi connectivity index (χ2v) is 6.58. The summed E-state index contributed by atoms with van der Waals surface area (Å²) < 4.78 is 0. The van der Waals surface area contributed by atoms with Gasteiger partial charge in [-0.25, -0.2) is 0 Å². The highest BCUT2D eigenvalue weighted by Crippen LogP contribution is 2.30. The molecular weight excluding hydrogens is 222 g/mol. The molecule has 0 aromatic carbocycles. The molecule has 106 valence electrons. The third-order valence-electron chi connectivity index (χ3n) is 4.84. The fourth-order valence-corrected chi connectivity index (χ4v) is 3.78. The van der Waals surface area contributed by atoms with Gasteiger partial charge in [-0.1, -0.05) is 19.3 Å². The van der Waals surface area contributed by atoms with E-state index in [1.165, 1.54) is 51.6 Å². The fraction of sp³-hybridized carbons (Fsp3) is 1.00. The van der Waals surface area contributed by atoms with Crippen LogP contribution in [0.15, 0.2) is 0 Å². The summed E-state index contributed by atoms with van der Waals surface area (Å²) in [6.45, 7) is 3.58. The highest BCUT2D eigenvalue weighted by molar-refractivity contribution is 4.86. The molecule has 2 rings (SSSR count). The van der Waals surface area contributed by atoms with Gasteiger partial charge >= 0.3 is 0 Å². The van der Waals surface area contributed by atoms with Gasteiger partial charge in [0.2, 0.25) is 0 Å². The van der Waals surface area contributed by atoms with Gasteiger partial charge in [-0.2, -0.15) is 0 Å². The number of piperazine rings is 1. The van der Waals surface area contributed by atoms with Gasteiger partial charge in [0, 0.05) is 31.7 Å². The quantitative estimate of drug-likeness (QED) is 0.824. The van der Waals surface area contributed by atoms with E-state index in [1.54, 1.807) is 0 Å².